The van der Waals surface area contributed by atoms with E-state index in [1.54, 1.807) is 0 Å². The molecule has 334 valence electrons. The van der Waals surface area contributed by atoms with Crippen LogP contribution in [0.3, 0.4) is 0 Å². The first-order chi connectivity index (χ1) is 31.7. The number of aliphatic imine (C=N–C) groups is 2. The van der Waals surface area contributed by atoms with Gasteiger partial charge in [0.05, 0.1) is 12.1 Å². The van der Waals surface area contributed by atoms with Crippen molar-refractivity contribution in [2.45, 2.75) is 120 Å². The Labute approximate surface area is 394 Å². The van der Waals surface area contributed by atoms with E-state index in [2.05, 4.69) is 226 Å². The summed E-state index contributed by atoms with van der Waals surface area (Å²) in [6.07, 6.45) is 0. The Hall–Kier alpha value is -6.52. The fourth-order valence-electron chi connectivity index (χ4n) is 12.0. The van der Waals surface area contributed by atoms with Gasteiger partial charge in [-0.1, -0.05) is 150 Å². The van der Waals surface area contributed by atoms with E-state index in [0.717, 1.165) is 35.9 Å². The van der Waals surface area contributed by atoms with Crippen molar-refractivity contribution in [2.75, 3.05) is 0 Å². The number of hydrogen-bond acceptors (Lipinski definition) is 4. The lowest BCUT2D eigenvalue weighted by molar-refractivity contribution is 0.301. The molecule has 2 aliphatic rings. The summed E-state index contributed by atoms with van der Waals surface area (Å²) in [5.41, 5.74) is 25.7. The molecule has 66 heavy (non-hydrogen) atoms. The first kappa shape index (κ1) is 44.7. The molecule has 0 saturated carbocycles. The van der Waals surface area contributed by atoms with Crippen molar-refractivity contribution in [1.82, 2.24) is 9.80 Å². The van der Waals surface area contributed by atoms with Gasteiger partial charge in [-0.2, -0.15) is 0 Å². The van der Waals surface area contributed by atoms with Crippen LogP contribution in [0, 0.1) is 83.1 Å². The fourth-order valence-corrected chi connectivity index (χ4v) is 12.0. The molecule has 0 unspecified atom stereocenters. The van der Waals surface area contributed by atoms with E-state index < -0.39 is 0 Å². The molecule has 4 heteroatoms. The van der Waals surface area contributed by atoms with Crippen molar-refractivity contribution in [3.8, 4) is 0 Å². The average Bonchev–Trinajstić information content (AvgIpc) is 3.78. The Balaban J connectivity index is 1.27. The third-order valence-corrected chi connectivity index (χ3v) is 14.2. The molecule has 2 heterocycles. The van der Waals surface area contributed by atoms with Crippen LogP contribution in [0.15, 0.2) is 143 Å². The van der Waals surface area contributed by atoms with Crippen LogP contribution in [0.25, 0.3) is 0 Å². The summed E-state index contributed by atoms with van der Waals surface area (Å²) in [5, 5.41) is 0. The van der Waals surface area contributed by atoms with Crippen molar-refractivity contribution in [2.24, 2.45) is 9.98 Å². The van der Waals surface area contributed by atoms with Gasteiger partial charge in [0.25, 0.3) is 0 Å². The third-order valence-electron chi connectivity index (χ3n) is 14.2. The lowest BCUT2D eigenvalue weighted by Crippen LogP contribution is -2.34. The van der Waals surface area contributed by atoms with E-state index in [9.17, 15) is 0 Å². The molecular formula is C62H66N4. The Morgan fingerprint density at radius 1 is 0.333 bits per heavy atom. The molecular weight excluding hydrogens is 801 g/mol. The lowest BCUT2D eigenvalue weighted by atomic mass is 9.83. The van der Waals surface area contributed by atoms with E-state index in [1.807, 2.05) is 0 Å². The molecule has 0 fully saturated rings. The van der Waals surface area contributed by atoms with Crippen LogP contribution in [0.1, 0.15) is 135 Å². The number of hydrogen-bond donors (Lipinski definition) is 0. The van der Waals surface area contributed by atoms with Crippen LogP contribution in [0.2, 0.25) is 0 Å². The van der Waals surface area contributed by atoms with Gasteiger partial charge in [0.15, 0.2) is 0 Å². The first-order valence-electron chi connectivity index (χ1n) is 23.8. The van der Waals surface area contributed by atoms with Gasteiger partial charge in [0.2, 0.25) is 0 Å². The average molecular weight is 867 g/mol. The molecule has 0 N–H and O–H groups in total. The van der Waals surface area contributed by atoms with Crippen molar-refractivity contribution in [3.63, 3.8) is 0 Å². The minimum Gasteiger partial charge on any atom is -0.342 e. The number of benzene rings is 7. The second-order valence-electron chi connectivity index (χ2n) is 19.7. The predicted octanol–water partition coefficient (Wildman–Crippen LogP) is 14.9. The van der Waals surface area contributed by atoms with Crippen LogP contribution in [0.4, 0.5) is 0 Å². The third kappa shape index (κ3) is 8.43. The van der Waals surface area contributed by atoms with Crippen molar-refractivity contribution in [1.29, 1.82) is 0 Å². The minimum atomic E-state index is -0.111. The molecule has 4 atom stereocenters. The van der Waals surface area contributed by atoms with E-state index in [-0.39, 0.29) is 24.2 Å². The van der Waals surface area contributed by atoms with Gasteiger partial charge < -0.3 is 9.80 Å². The lowest BCUT2D eigenvalue weighted by Gasteiger charge is -2.35. The van der Waals surface area contributed by atoms with Gasteiger partial charge in [-0.05, 0) is 167 Å². The molecule has 0 saturated heterocycles. The molecule has 4 nitrogen and oxygen atoms in total. The van der Waals surface area contributed by atoms with Crippen molar-refractivity contribution < 1.29 is 0 Å². The Morgan fingerprint density at radius 2 is 0.621 bits per heavy atom. The van der Waals surface area contributed by atoms with Gasteiger partial charge in [-0.25, -0.2) is 0 Å². The van der Waals surface area contributed by atoms with Crippen LogP contribution in [-0.4, -0.2) is 21.5 Å². The summed E-state index contributed by atoms with van der Waals surface area (Å²) in [4.78, 5) is 17.1. The Bertz CT molecular complexity index is 2730. The second-order valence-corrected chi connectivity index (χ2v) is 19.7. The molecule has 7 aromatic rings. The van der Waals surface area contributed by atoms with Gasteiger partial charge >= 0.3 is 0 Å². The SMILES string of the molecule is Cc1cc(C)c([C@@H]2N=C(c3cccc(C4=N[C@@H](c5c(C)cc(C)cc5C)[C@H](c5c(C)cc(C)cc5C)N4Cc4ccccc4)c3)N(Cc3ccccc3)[C@H]2c2c(C)cc(C)cc2C)c(C)c1. The minimum absolute atomic E-state index is 0.0169. The highest BCUT2D eigenvalue weighted by molar-refractivity contribution is 6.05. The number of rotatable bonds is 10. The molecule has 0 bridgehead atoms. The zero-order valence-electron chi connectivity index (χ0n) is 41.2. The Kier molecular flexibility index (Phi) is 12.2. The monoisotopic (exact) mass is 867 g/mol. The van der Waals surface area contributed by atoms with Crippen LogP contribution < -0.4 is 0 Å². The largest absolute Gasteiger partial charge is 0.342 e. The number of amidine groups is 2. The molecule has 0 radical (unpaired) electrons. The van der Waals surface area contributed by atoms with Crippen LogP contribution >= 0.6 is 0 Å². The molecule has 7 aromatic carbocycles. The molecule has 0 amide bonds. The van der Waals surface area contributed by atoms with E-state index in [4.69, 9.17) is 9.98 Å². The van der Waals surface area contributed by atoms with Gasteiger partial charge in [-0.15, -0.1) is 0 Å². The smallest absolute Gasteiger partial charge is 0.132 e. The molecule has 2 aliphatic heterocycles. The highest BCUT2D eigenvalue weighted by Crippen LogP contribution is 2.50. The summed E-state index contributed by atoms with van der Waals surface area (Å²) < 4.78 is 0. The standard InChI is InChI=1S/C62H66N4/c1-37-26-41(5)53(42(6)27-37)57-59(55-45(9)30-39(3)31-46(55)10)65(35-49-20-15-13-16-21-49)61(63-57)51-24-19-25-52(34-51)62-64-58(54-43(7)28-38(2)29-44(54)8)60(56-47(11)32-40(4)33-48(56)12)66(62)36-50-22-17-14-18-23-50/h13-34,57-60H,35-36H2,1-12H3/t57-,58-,59-,60-/m0/s1. The highest BCUT2D eigenvalue weighted by Gasteiger charge is 2.44. The van der Waals surface area contributed by atoms with E-state index >= 15 is 0 Å². The van der Waals surface area contributed by atoms with Crippen LogP contribution in [-0.2, 0) is 13.1 Å². The number of nitrogens with zero attached hydrogens (tertiary/aromatic N) is 4. The quantitative estimate of drug-likeness (QED) is 0.137. The summed E-state index contributed by atoms with van der Waals surface area (Å²) in [5.74, 6) is 2.04. The normalized spacial score (nSPS) is 18.2. The zero-order valence-corrected chi connectivity index (χ0v) is 41.2. The van der Waals surface area contributed by atoms with Gasteiger partial charge in [0.1, 0.15) is 23.8 Å². The van der Waals surface area contributed by atoms with E-state index in [0.29, 0.717) is 0 Å². The van der Waals surface area contributed by atoms with E-state index in [1.165, 1.54) is 100 Å². The maximum absolute atomic E-state index is 5.95. The predicted molar refractivity (Wildman–Crippen MR) is 277 cm³/mol. The van der Waals surface area contributed by atoms with Gasteiger partial charge in [-0.3, -0.25) is 9.98 Å². The van der Waals surface area contributed by atoms with Crippen molar-refractivity contribution in [3.05, 3.63) is 245 Å². The maximum atomic E-state index is 5.95. The molecule has 9 rings (SSSR count). The summed E-state index contributed by atoms with van der Waals surface area (Å²) in [6.45, 7) is 28.6. The summed E-state index contributed by atoms with van der Waals surface area (Å²) >= 11 is 0. The summed E-state index contributed by atoms with van der Waals surface area (Å²) in [6, 6.07) is 49.6. The van der Waals surface area contributed by atoms with Gasteiger partial charge in [0, 0.05) is 24.2 Å². The van der Waals surface area contributed by atoms with Crippen LogP contribution in [0.5, 0.6) is 0 Å². The number of aryl methyl sites for hydroxylation is 12. The maximum Gasteiger partial charge on any atom is 0.132 e. The molecule has 0 aliphatic carbocycles. The molecule has 0 aromatic heterocycles. The second kappa shape index (κ2) is 18.0. The summed E-state index contributed by atoms with van der Waals surface area (Å²) in [7, 11) is 0. The molecule has 0 spiro atoms. The topological polar surface area (TPSA) is 31.2 Å². The zero-order chi connectivity index (χ0) is 46.6. The highest BCUT2D eigenvalue weighted by atomic mass is 15.3. The fraction of sp³-hybridized carbons (Fsp3) is 0.290. The Morgan fingerprint density at radius 3 is 0.924 bits per heavy atom. The first-order valence-corrected chi connectivity index (χ1v) is 23.8. The van der Waals surface area contributed by atoms with Crippen molar-refractivity contribution >= 4 is 11.7 Å².